The van der Waals surface area contributed by atoms with E-state index in [1.807, 2.05) is 43.1 Å². The lowest BCUT2D eigenvalue weighted by Crippen LogP contribution is -2.26. The maximum absolute atomic E-state index is 5.40. The summed E-state index contributed by atoms with van der Waals surface area (Å²) in [4.78, 5) is 4.15. The number of hydrogen-bond donors (Lipinski definition) is 0. The molecule has 2 aromatic heterocycles. The second-order valence-electron chi connectivity index (χ2n) is 3.03. The molecule has 0 amide bonds. The Balaban J connectivity index is 2.46. The van der Waals surface area contributed by atoms with Gasteiger partial charge in [-0.25, -0.2) is 9.55 Å². The van der Waals surface area contributed by atoms with Crippen LogP contribution >= 0.6 is 0 Å². The van der Waals surface area contributed by atoms with Gasteiger partial charge in [-0.1, -0.05) is 0 Å². The van der Waals surface area contributed by atoms with Crippen LogP contribution in [0, 0.1) is 6.92 Å². The lowest BCUT2D eigenvalue weighted by atomic mass is 10.3. The number of oxazole rings is 1. The molecule has 0 radical (unpaired) electrons. The number of aromatic nitrogens is 2. The first-order valence-electron chi connectivity index (χ1n) is 4.14. The first-order valence-corrected chi connectivity index (χ1v) is 4.14. The van der Waals surface area contributed by atoms with Crippen molar-refractivity contribution in [2.45, 2.75) is 6.92 Å². The molecule has 2 aromatic rings. The first kappa shape index (κ1) is 7.98. The smallest absolute Gasteiger partial charge is 0.232 e. The van der Waals surface area contributed by atoms with Crippen LogP contribution in [0.5, 0.6) is 0 Å². The van der Waals surface area contributed by atoms with Crippen LogP contribution in [0.2, 0.25) is 0 Å². The van der Waals surface area contributed by atoms with E-state index in [4.69, 9.17) is 4.42 Å². The number of rotatable bonds is 1. The summed E-state index contributed by atoms with van der Waals surface area (Å²) in [6.07, 6.45) is 5.67. The third-order valence-electron chi connectivity index (χ3n) is 1.81. The molecule has 2 rings (SSSR count). The van der Waals surface area contributed by atoms with Crippen LogP contribution in [0.25, 0.3) is 11.5 Å². The highest BCUT2D eigenvalue weighted by molar-refractivity contribution is 5.49. The van der Waals surface area contributed by atoms with Crippen LogP contribution in [0.4, 0.5) is 0 Å². The fourth-order valence-corrected chi connectivity index (χ4v) is 1.20. The van der Waals surface area contributed by atoms with Crippen LogP contribution in [0.3, 0.4) is 0 Å². The third-order valence-corrected chi connectivity index (χ3v) is 1.81. The summed E-state index contributed by atoms with van der Waals surface area (Å²) < 4.78 is 7.37. The Hall–Kier alpha value is -1.64. The van der Waals surface area contributed by atoms with Gasteiger partial charge < -0.3 is 4.42 Å². The van der Waals surface area contributed by atoms with Gasteiger partial charge in [-0.3, -0.25) is 0 Å². The van der Waals surface area contributed by atoms with Gasteiger partial charge in [-0.05, 0) is 13.0 Å². The predicted octanol–water partition coefficient (Wildman–Crippen LogP) is 1.47. The zero-order valence-corrected chi connectivity index (χ0v) is 7.69. The lowest BCUT2D eigenvalue weighted by molar-refractivity contribution is -0.671. The molecular weight excluding hydrogens is 164 g/mol. The minimum absolute atomic E-state index is 0.675. The van der Waals surface area contributed by atoms with Gasteiger partial charge in [0.05, 0.1) is 6.20 Å². The zero-order valence-electron chi connectivity index (χ0n) is 7.69. The minimum atomic E-state index is 0.675. The van der Waals surface area contributed by atoms with Crippen LogP contribution in [0.15, 0.2) is 35.1 Å². The van der Waals surface area contributed by atoms with Crippen molar-refractivity contribution in [3.63, 3.8) is 0 Å². The summed E-state index contributed by atoms with van der Waals surface area (Å²) in [5.41, 5.74) is 0.998. The highest BCUT2D eigenvalue weighted by Gasteiger charge is 2.06. The van der Waals surface area contributed by atoms with Crippen molar-refractivity contribution in [1.29, 1.82) is 0 Å². The number of nitrogens with zero attached hydrogens (tertiary/aromatic N) is 2. The van der Waals surface area contributed by atoms with Gasteiger partial charge in [-0.2, -0.15) is 0 Å². The molecule has 13 heavy (non-hydrogen) atoms. The lowest BCUT2D eigenvalue weighted by Gasteiger charge is -1.91. The summed E-state index contributed by atoms with van der Waals surface area (Å²) >= 11 is 0. The maximum atomic E-state index is 5.40. The van der Waals surface area contributed by atoms with E-state index in [9.17, 15) is 0 Å². The van der Waals surface area contributed by atoms with E-state index < -0.39 is 0 Å². The molecule has 0 N–H and O–H groups in total. The molecule has 2 heterocycles. The molecule has 0 aliphatic rings. The highest BCUT2D eigenvalue weighted by atomic mass is 16.4. The van der Waals surface area contributed by atoms with E-state index in [-0.39, 0.29) is 0 Å². The Morgan fingerprint density at radius 3 is 2.92 bits per heavy atom. The largest absolute Gasteiger partial charge is 0.441 e. The van der Waals surface area contributed by atoms with Crippen LogP contribution in [0.1, 0.15) is 5.76 Å². The molecule has 0 bridgehead atoms. The topological polar surface area (TPSA) is 29.9 Å². The third kappa shape index (κ3) is 1.59. The van der Waals surface area contributed by atoms with Gasteiger partial charge in [0.1, 0.15) is 18.4 Å². The van der Waals surface area contributed by atoms with Crippen LogP contribution < -0.4 is 4.57 Å². The molecule has 0 unspecified atom stereocenters. The monoisotopic (exact) mass is 175 g/mol. The maximum Gasteiger partial charge on any atom is 0.232 e. The van der Waals surface area contributed by atoms with Gasteiger partial charge >= 0.3 is 0 Å². The summed E-state index contributed by atoms with van der Waals surface area (Å²) in [5.74, 6) is 1.51. The molecule has 0 spiro atoms. The molecule has 0 aliphatic heterocycles. The molecule has 3 nitrogen and oxygen atoms in total. The van der Waals surface area contributed by atoms with Crippen LogP contribution in [-0.2, 0) is 7.05 Å². The van der Waals surface area contributed by atoms with Gasteiger partial charge in [0, 0.05) is 6.07 Å². The number of hydrogen-bond acceptors (Lipinski definition) is 2. The van der Waals surface area contributed by atoms with Crippen molar-refractivity contribution in [2.75, 3.05) is 0 Å². The predicted molar refractivity (Wildman–Crippen MR) is 47.9 cm³/mol. The Labute approximate surface area is 76.7 Å². The molecule has 66 valence electrons. The molecule has 0 saturated carbocycles. The molecule has 0 fully saturated rings. The van der Waals surface area contributed by atoms with E-state index in [0.717, 1.165) is 11.3 Å². The Bertz CT molecular complexity index is 420. The molecule has 0 saturated heterocycles. The van der Waals surface area contributed by atoms with Crippen molar-refractivity contribution < 1.29 is 8.98 Å². The van der Waals surface area contributed by atoms with E-state index in [0.29, 0.717) is 5.89 Å². The Morgan fingerprint density at radius 2 is 2.31 bits per heavy atom. The number of pyridine rings is 1. The van der Waals surface area contributed by atoms with E-state index in [2.05, 4.69) is 4.98 Å². The average molecular weight is 175 g/mol. The fourth-order valence-electron chi connectivity index (χ4n) is 1.20. The van der Waals surface area contributed by atoms with Crippen molar-refractivity contribution in [3.05, 3.63) is 36.5 Å². The summed E-state index contributed by atoms with van der Waals surface area (Å²) in [6, 6.07) is 3.94. The summed E-state index contributed by atoms with van der Waals surface area (Å²) in [5, 5.41) is 0. The SMILES string of the molecule is Cc1cnc(-c2ccc[n+](C)c2)o1. The number of aryl methyl sites for hydroxylation is 2. The van der Waals surface area contributed by atoms with Crippen molar-refractivity contribution in [3.8, 4) is 11.5 Å². The quantitative estimate of drug-likeness (QED) is 0.614. The second kappa shape index (κ2) is 3.01. The summed E-state index contributed by atoms with van der Waals surface area (Å²) in [6.45, 7) is 1.89. The molecule has 0 atom stereocenters. The molecule has 3 heteroatoms. The standard InChI is InChI=1S/C10H11N2O/c1-8-6-11-10(13-8)9-4-3-5-12(2)7-9/h3-7H,1-2H3/q+1. The van der Waals surface area contributed by atoms with E-state index in [1.165, 1.54) is 0 Å². The van der Waals surface area contributed by atoms with Crippen LogP contribution in [-0.4, -0.2) is 4.98 Å². The van der Waals surface area contributed by atoms with Crippen molar-refractivity contribution >= 4 is 0 Å². The van der Waals surface area contributed by atoms with Crippen molar-refractivity contribution in [2.24, 2.45) is 7.05 Å². The second-order valence-corrected chi connectivity index (χ2v) is 3.03. The average Bonchev–Trinajstić information content (AvgIpc) is 2.52. The zero-order chi connectivity index (χ0) is 9.26. The van der Waals surface area contributed by atoms with Gasteiger partial charge in [-0.15, -0.1) is 0 Å². The first-order chi connectivity index (χ1) is 6.25. The van der Waals surface area contributed by atoms with Crippen molar-refractivity contribution in [1.82, 2.24) is 4.98 Å². The molecular formula is C10H11N2O+. The Morgan fingerprint density at radius 1 is 1.46 bits per heavy atom. The molecule has 0 aliphatic carbocycles. The van der Waals surface area contributed by atoms with Gasteiger partial charge in [0.2, 0.25) is 5.89 Å². The van der Waals surface area contributed by atoms with E-state index in [1.54, 1.807) is 6.20 Å². The summed E-state index contributed by atoms with van der Waals surface area (Å²) in [7, 11) is 1.97. The normalized spacial score (nSPS) is 10.3. The van der Waals surface area contributed by atoms with Gasteiger partial charge in [0.15, 0.2) is 12.4 Å². The highest BCUT2D eigenvalue weighted by Crippen LogP contribution is 2.15. The molecule has 0 aromatic carbocycles. The van der Waals surface area contributed by atoms with Gasteiger partial charge in [0.25, 0.3) is 0 Å². The minimum Gasteiger partial charge on any atom is -0.441 e. The fraction of sp³-hybridized carbons (Fsp3) is 0.200. The van der Waals surface area contributed by atoms with E-state index >= 15 is 0 Å². The Kier molecular flexibility index (Phi) is 1.85.